The zero-order chi connectivity index (χ0) is 10.3. The van der Waals surface area contributed by atoms with Crippen LogP contribution in [0.15, 0.2) is 9.81 Å². The molecule has 72 valence electrons. The maximum absolute atomic E-state index is 10.8. The maximum Gasteiger partial charge on any atom is 0.333 e. The Balaban J connectivity index is 4.66. The molecular weight excluding hydrogens is 206 g/mol. The fraction of sp³-hybridized carbons (Fsp3) is 0.500. The van der Waals surface area contributed by atoms with Gasteiger partial charge in [0.1, 0.15) is 0 Å². The second kappa shape index (κ2) is 6.87. The van der Waals surface area contributed by atoms with E-state index in [1.54, 1.807) is 0 Å². The number of hydrogen-bond donors (Lipinski definition) is 1. The number of nitriles is 1. The van der Waals surface area contributed by atoms with E-state index in [1.807, 2.05) is 18.6 Å². The van der Waals surface area contributed by atoms with Crippen LogP contribution in [0.4, 0.5) is 0 Å². The van der Waals surface area contributed by atoms with Gasteiger partial charge in [0.05, 0.1) is 15.9 Å². The summed E-state index contributed by atoms with van der Waals surface area (Å²) < 4.78 is 0.780. The lowest BCUT2D eigenvalue weighted by molar-refractivity contribution is -0.132. The molecule has 0 atom stereocenters. The SMILES string of the molecule is CSC(SC)=C(CCC#N)C(=O)O. The summed E-state index contributed by atoms with van der Waals surface area (Å²) in [5, 5.41) is 17.2. The van der Waals surface area contributed by atoms with Gasteiger partial charge in [0, 0.05) is 6.42 Å². The second-order valence-electron chi connectivity index (χ2n) is 2.14. The van der Waals surface area contributed by atoms with Gasteiger partial charge in [0.25, 0.3) is 0 Å². The Hall–Kier alpha value is -0.600. The predicted molar refractivity (Wildman–Crippen MR) is 56.5 cm³/mol. The molecule has 0 rings (SSSR count). The van der Waals surface area contributed by atoms with Crippen molar-refractivity contribution in [3.05, 3.63) is 9.81 Å². The molecule has 0 saturated carbocycles. The summed E-state index contributed by atoms with van der Waals surface area (Å²) in [6.45, 7) is 0. The van der Waals surface area contributed by atoms with Crippen LogP contribution in [0.2, 0.25) is 0 Å². The number of thioether (sulfide) groups is 2. The molecule has 0 spiro atoms. The summed E-state index contributed by atoms with van der Waals surface area (Å²) in [7, 11) is 0. The van der Waals surface area contributed by atoms with Crippen molar-refractivity contribution in [2.45, 2.75) is 12.8 Å². The predicted octanol–water partition coefficient (Wildman–Crippen LogP) is 2.31. The van der Waals surface area contributed by atoms with E-state index >= 15 is 0 Å². The first-order valence-corrected chi connectivity index (χ1v) is 6.03. The molecule has 0 aliphatic rings. The van der Waals surface area contributed by atoms with E-state index in [1.165, 1.54) is 23.5 Å². The van der Waals surface area contributed by atoms with Crippen LogP contribution in [0.5, 0.6) is 0 Å². The van der Waals surface area contributed by atoms with Gasteiger partial charge >= 0.3 is 5.97 Å². The lowest BCUT2D eigenvalue weighted by Crippen LogP contribution is -2.02. The van der Waals surface area contributed by atoms with E-state index < -0.39 is 5.97 Å². The highest BCUT2D eigenvalue weighted by Crippen LogP contribution is 2.29. The number of aliphatic carboxylic acids is 1. The molecule has 0 fully saturated rings. The van der Waals surface area contributed by atoms with Crippen LogP contribution in [-0.2, 0) is 4.79 Å². The van der Waals surface area contributed by atoms with Crippen molar-refractivity contribution in [1.29, 1.82) is 5.26 Å². The third-order valence-electron chi connectivity index (χ3n) is 1.36. The number of rotatable bonds is 5. The summed E-state index contributed by atoms with van der Waals surface area (Å²) in [6.07, 6.45) is 4.25. The van der Waals surface area contributed by atoms with Crippen LogP contribution < -0.4 is 0 Å². The van der Waals surface area contributed by atoms with Gasteiger partial charge in [-0.3, -0.25) is 0 Å². The Kier molecular flexibility index (Phi) is 6.55. The number of carbonyl (C=O) groups is 1. The first kappa shape index (κ1) is 12.4. The minimum absolute atomic E-state index is 0.256. The van der Waals surface area contributed by atoms with E-state index in [0.717, 1.165) is 4.24 Å². The number of hydrogen-bond acceptors (Lipinski definition) is 4. The smallest absolute Gasteiger partial charge is 0.333 e. The fourth-order valence-electron chi connectivity index (χ4n) is 0.807. The molecule has 0 heterocycles. The minimum Gasteiger partial charge on any atom is -0.478 e. The van der Waals surface area contributed by atoms with E-state index in [0.29, 0.717) is 12.0 Å². The maximum atomic E-state index is 10.8. The molecule has 3 nitrogen and oxygen atoms in total. The Morgan fingerprint density at radius 2 is 2.00 bits per heavy atom. The standard InChI is InChI=1S/C8H11NO2S2/c1-12-8(13-2)6(7(10)11)4-3-5-9/h3-4H2,1-2H3,(H,10,11). The van der Waals surface area contributed by atoms with Gasteiger partial charge < -0.3 is 5.11 Å². The zero-order valence-corrected chi connectivity index (χ0v) is 9.17. The van der Waals surface area contributed by atoms with Crippen molar-refractivity contribution in [1.82, 2.24) is 0 Å². The third kappa shape index (κ3) is 4.25. The lowest BCUT2D eigenvalue weighted by Gasteiger charge is -2.05. The van der Waals surface area contributed by atoms with E-state index in [2.05, 4.69) is 0 Å². The summed E-state index contributed by atoms with van der Waals surface area (Å²) in [6, 6.07) is 1.94. The molecule has 0 saturated heterocycles. The summed E-state index contributed by atoms with van der Waals surface area (Å²) >= 11 is 2.82. The highest BCUT2D eigenvalue weighted by molar-refractivity contribution is 8.21. The van der Waals surface area contributed by atoms with Gasteiger partial charge in [-0.05, 0) is 18.9 Å². The van der Waals surface area contributed by atoms with Crippen molar-refractivity contribution in [3.63, 3.8) is 0 Å². The van der Waals surface area contributed by atoms with Crippen LogP contribution in [0.1, 0.15) is 12.8 Å². The lowest BCUT2D eigenvalue weighted by atomic mass is 10.2. The first-order valence-electron chi connectivity index (χ1n) is 3.58. The van der Waals surface area contributed by atoms with Crippen molar-refractivity contribution in [2.24, 2.45) is 0 Å². The minimum atomic E-state index is -0.922. The third-order valence-corrected chi connectivity index (χ3v) is 3.60. The highest BCUT2D eigenvalue weighted by atomic mass is 32.2. The monoisotopic (exact) mass is 217 g/mol. The molecular formula is C8H11NO2S2. The van der Waals surface area contributed by atoms with Gasteiger partial charge in [0.15, 0.2) is 0 Å². The molecule has 13 heavy (non-hydrogen) atoms. The van der Waals surface area contributed by atoms with Crippen LogP contribution in [0, 0.1) is 11.3 Å². The van der Waals surface area contributed by atoms with E-state index in [4.69, 9.17) is 10.4 Å². The molecule has 0 aromatic rings. The molecule has 0 amide bonds. The molecule has 0 bridgehead atoms. The largest absolute Gasteiger partial charge is 0.478 e. The Labute approximate surface area is 86.2 Å². The van der Waals surface area contributed by atoms with Crippen LogP contribution in [0.3, 0.4) is 0 Å². The number of carboxylic acid groups (broad SMARTS) is 1. The topological polar surface area (TPSA) is 61.1 Å². The molecule has 0 unspecified atom stereocenters. The summed E-state index contributed by atoms with van der Waals surface area (Å²) in [4.78, 5) is 10.8. The average Bonchev–Trinajstić information content (AvgIpc) is 2.11. The highest BCUT2D eigenvalue weighted by Gasteiger charge is 2.12. The Morgan fingerprint density at radius 1 is 1.46 bits per heavy atom. The summed E-state index contributed by atoms with van der Waals surface area (Å²) in [5.74, 6) is -0.922. The zero-order valence-electron chi connectivity index (χ0n) is 7.53. The van der Waals surface area contributed by atoms with Crippen molar-refractivity contribution < 1.29 is 9.90 Å². The summed E-state index contributed by atoms with van der Waals surface area (Å²) in [5.41, 5.74) is 0.349. The van der Waals surface area contributed by atoms with E-state index in [-0.39, 0.29) is 6.42 Å². The number of carboxylic acids is 1. The van der Waals surface area contributed by atoms with Gasteiger partial charge in [0.2, 0.25) is 0 Å². The average molecular weight is 217 g/mol. The first-order chi connectivity index (χ1) is 6.17. The van der Waals surface area contributed by atoms with Crippen LogP contribution >= 0.6 is 23.5 Å². The van der Waals surface area contributed by atoms with Crippen molar-refractivity contribution in [3.8, 4) is 6.07 Å². The van der Waals surface area contributed by atoms with Crippen molar-refractivity contribution >= 4 is 29.5 Å². The molecule has 0 aromatic carbocycles. The Morgan fingerprint density at radius 3 is 2.31 bits per heavy atom. The quantitative estimate of drug-likeness (QED) is 0.716. The normalized spacial score (nSPS) is 9.00. The Bertz CT molecular complexity index is 249. The van der Waals surface area contributed by atoms with Gasteiger partial charge in [-0.1, -0.05) is 0 Å². The van der Waals surface area contributed by atoms with Gasteiger partial charge in [-0.2, -0.15) is 5.26 Å². The molecule has 5 heteroatoms. The van der Waals surface area contributed by atoms with Crippen LogP contribution in [-0.4, -0.2) is 23.6 Å². The van der Waals surface area contributed by atoms with Crippen molar-refractivity contribution in [2.75, 3.05) is 12.5 Å². The van der Waals surface area contributed by atoms with Gasteiger partial charge in [-0.15, -0.1) is 23.5 Å². The molecule has 0 aliphatic heterocycles. The van der Waals surface area contributed by atoms with Gasteiger partial charge in [-0.25, -0.2) is 4.79 Å². The van der Waals surface area contributed by atoms with Crippen LogP contribution in [0.25, 0.3) is 0 Å². The fourth-order valence-corrected chi connectivity index (χ4v) is 2.35. The van der Waals surface area contributed by atoms with E-state index in [9.17, 15) is 4.79 Å². The second-order valence-corrected chi connectivity index (χ2v) is 4.03. The number of nitrogens with zero attached hydrogens (tertiary/aromatic N) is 1. The molecule has 1 N–H and O–H groups in total. The molecule has 0 radical (unpaired) electrons. The molecule has 0 aromatic heterocycles. The molecule has 0 aliphatic carbocycles.